The van der Waals surface area contributed by atoms with Crippen LogP contribution in [0.5, 0.6) is 0 Å². The molecule has 6 nitrogen and oxygen atoms in total. The van der Waals surface area contributed by atoms with Crippen molar-refractivity contribution in [3.63, 3.8) is 0 Å². The quantitative estimate of drug-likeness (QED) is 0.244. The Morgan fingerprint density at radius 2 is 2.33 bits per heavy atom. The van der Waals surface area contributed by atoms with Crippen molar-refractivity contribution in [2.45, 2.75) is 0 Å². The van der Waals surface area contributed by atoms with Crippen molar-refractivity contribution in [1.29, 1.82) is 0 Å². The van der Waals surface area contributed by atoms with Crippen molar-refractivity contribution in [3.8, 4) is 0 Å². The molecule has 1 amide bonds. The molecule has 0 aliphatic carbocycles. The minimum Gasteiger partial charge on any atom is -0.394 e. The number of rotatable bonds is 7. The summed E-state index contributed by atoms with van der Waals surface area (Å²) >= 11 is 0. The van der Waals surface area contributed by atoms with Crippen molar-refractivity contribution in [1.82, 2.24) is 10.9 Å². The number of aliphatic hydroxyl groups is 1. The molecule has 0 radical (unpaired) electrons. The molecule has 0 rings (SSSR count). The van der Waals surface area contributed by atoms with Crippen molar-refractivity contribution in [2.24, 2.45) is 0 Å². The molecule has 0 aromatic heterocycles. The molecule has 0 atom stereocenters. The van der Waals surface area contributed by atoms with Crippen LogP contribution in [-0.2, 0) is 14.3 Å². The summed E-state index contributed by atoms with van der Waals surface area (Å²) in [4.78, 5) is 10.8. The van der Waals surface area contributed by atoms with Gasteiger partial charge >= 0.3 is 0 Å². The fraction of sp³-hybridized carbons (Fsp3) is 0.833. The Morgan fingerprint density at radius 3 is 2.92 bits per heavy atom. The van der Waals surface area contributed by atoms with E-state index >= 15 is 0 Å². The molecule has 0 heterocycles. The highest BCUT2D eigenvalue weighted by Gasteiger charge is 1.98. The topological polar surface area (TPSA) is 79.8 Å². The van der Waals surface area contributed by atoms with Crippen molar-refractivity contribution < 1.29 is 19.4 Å². The van der Waals surface area contributed by atoms with E-state index in [1.54, 1.807) is 0 Å². The lowest BCUT2D eigenvalue weighted by molar-refractivity contribution is -0.127. The van der Waals surface area contributed by atoms with E-state index in [0.717, 1.165) is 0 Å². The average molecular weight is 178 g/mol. The van der Waals surface area contributed by atoms with Gasteiger partial charge in [-0.3, -0.25) is 10.2 Å². The molecule has 0 unspecified atom stereocenters. The number of methoxy groups -OCH3 is 1. The maximum atomic E-state index is 10.8. The highest BCUT2D eigenvalue weighted by Crippen LogP contribution is 1.72. The lowest BCUT2D eigenvalue weighted by Gasteiger charge is -2.05. The van der Waals surface area contributed by atoms with Gasteiger partial charge in [0.2, 0.25) is 0 Å². The molecule has 6 heteroatoms. The van der Waals surface area contributed by atoms with Crippen LogP contribution >= 0.6 is 0 Å². The smallest absolute Gasteiger partial charge is 0.260 e. The molecule has 12 heavy (non-hydrogen) atoms. The second kappa shape index (κ2) is 8.41. The normalized spacial score (nSPS) is 9.83. The van der Waals surface area contributed by atoms with Crippen molar-refractivity contribution in [2.75, 3.05) is 33.7 Å². The zero-order valence-corrected chi connectivity index (χ0v) is 7.00. The molecule has 0 saturated carbocycles. The Labute approximate surface area is 70.8 Å². The molecule has 0 bridgehead atoms. The molecule has 0 saturated heterocycles. The summed E-state index contributed by atoms with van der Waals surface area (Å²) in [6.45, 7) is 0.249. The van der Waals surface area contributed by atoms with Crippen LogP contribution in [0.2, 0.25) is 0 Å². The summed E-state index contributed by atoms with van der Waals surface area (Å²) in [5.41, 5.74) is 4.82. The number of amides is 1. The molecule has 0 spiro atoms. The van der Waals surface area contributed by atoms with Crippen molar-refractivity contribution >= 4 is 5.91 Å². The summed E-state index contributed by atoms with van der Waals surface area (Å²) in [6, 6.07) is 0. The Morgan fingerprint density at radius 1 is 1.58 bits per heavy atom. The van der Waals surface area contributed by atoms with Crippen LogP contribution in [0.3, 0.4) is 0 Å². The second-order valence-electron chi connectivity index (χ2n) is 1.93. The van der Waals surface area contributed by atoms with Crippen molar-refractivity contribution in [3.05, 3.63) is 0 Å². The number of ether oxygens (including phenoxy) is 2. The molecule has 0 aromatic rings. The first-order valence-corrected chi connectivity index (χ1v) is 3.50. The number of aliphatic hydroxyl groups excluding tert-OH is 1. The van der Waals surface area contributed by atoms with Gasteiger partial charge in [0.25, 0.3) is 5.91 Å². The summed E-state index contributed by atoms with van der Waals surface area (Å²) in [5.74, 6) is -0.305. The van der Waals surface area contributed by atoms with Crippen LogP contribution in [-0.4, -0.2) is 44.7 Å². The van der Waals surface area contributed by atoms with E-state index in [1.165, 1.54) is 7.11 Å². The summed E-state index contributed by atoms with van der Waals surface area (Å²) < 4.78 is 9.34. The fourth-order valence-corrected chi connectivity index (χ4v) is 0.472. The largest absolute Gasteiger partial charge is 0.394 e. The maximum absolute atomic E-state index is 10.8. The summed E-state index contributed by atoms with van der Waals surface area (Å²) in [5, 5.41) is 8.30. The minimum atomic E-state index is -0.305. The third kappa shape index (κ3) is 7.42. The van der Waals surface area contributed by atoms with Gasteiger partial charge in [-0.05, 0) is 0 Å². The van der Waals surface area contributed by atoms with Gasteiger partial charge in [0, 0.05) is 7.11 Å². The molecular weight excluding hydrogens is 164 g/mol. The number of carbonyl (C=O) groups is 1. The molecular formula is C6H14N2O4. The first-order chi connectivity index (χ1) is 5.81. The van der Waals surface area contributed by atoms with Gasteiger partial charge in [-0.15, -0.1) is 0 Å². The number of carbonyl (C=O) groups excluding carboxylic acids is 1. The van der Waals surface area contributed by atoms with Crippen LogP contribution in [0.25, 0.3) is 0 Å². The number of hydrogen-bond donors (Lipinski definition) is 3. The van der Waals surface area contributed by atoms with Gasteiger partial charge in [-0.2, -0.15) is 0 Å². The zero-order chi connectivity index (χ0) is 9.23. The predicted octanol–water partition coefficient (Wildman–Crippen LogP) is -1.78. The maximum Gasteiger partial charge on any atom is 0.260 e. The van der Waals surface area contributed by atoms with Crippen LogP contribution in [0.15, 0.2) is 0 Å². The summed E-state index contributed by atoms with van der Waals surface area (Å²) in [6.07, 6.45) is 0. The standard InChI is InChI=1S/C6H14N2O4/c1-11-5-7-8-6(10)4-12-3-2-9/h7,9H,2-5H2,1H3,(H,8,10). The Hall–Kier alpha value is -0.690. The van der Waals surface area contributed by atoms with E-state index in [1.807, 2.05) is 0 Å². The first kappa shape index (κ1) is 11.3. The van der Waals surface area contributed by atoms with Crippen LogP contribution in [0.4, 0.5) is 0 Å². The van der Waals surface area contributed by atoms with Gasteiger partial charge in [-0.25, -0.2) is 5.43 Å². The van der Waals surface area contributed by atoms with E-state index in [9.17, 15) is 4.79 Å². The Balaban J connectivity index is 3.10. The van der Waals surface area contributed by atoms with Gasteiger partial charge in [0.1, 0.15) is 13.3 Å². The molecule has 0 aliphatic rings. The van der Waals surface area contributed by atoms with Gasteiger partial charge in [0.05, 0.1) is 13.2 Å². The Bertz CT molecular complexity index is 108. The molecule has 0 aromatic carbocycles. The van der Waals surface area contributed by atoms with Gasteiger partial charge < -0.3 is 14.6 Å². The number of hydrogen-bond acceptors (Lipinski definition) is 5. The fourth-order valence-electron chi connectivity index (χ4n) is 0.472. The third-order valence-electron chi connectivity index (χ3n) is 0.913. The molecule has 0 aliphatic heterocycles. The average Bonchev–Trinajstić information content (AvgIpc) is 2.06. The van der Waals surface area contributed by atoms with Crippen LogP contribution in [0, 0.1) is 0 Å². The summed E-state index contributed by atoms with van der Waals surface area (Å²) in [7, 11) is 1.50. The molecule has 3 N–H and O–H groups in total. The zero-order valence-electron chi connectivity index (χ0n) is 7.00. The number of nitrogens with one attached hydrogen (secondary N) is 2. The van der Waals surface area contributed by atoms with Gasteiger partial charge in [-0.1, -0.05) is 0 Å². The highest BCUT2D eigenvalue weighted by molar-refractivity contribution is 5.76. The SMILES string of the molecule is COCNNC(=O)COCCO. The Kier molecular flexibility index (Phi) is 7.92. The van der Waals surface area contributed by atoms with E-state index < -0.39 is 0 Å². The van der Waals surface area contributed by atoms with E-state index in [2.05, 4.69) is 15.6 Å². The third-order valence-corrected chi connectivity index (χ3v) is 0.913. The second-order valence-corrected chi connectivity index (χ2v) is 1.93. The van der Waals surface area contributed by atoms with E-state index in [-0.39, 0.29) is 32.5 Å². The van der Waals surface area contributed by atoms with Gasteiger partial charge in [0.15, 0.2) is 0 Å². The van der Waals surface area contributed by atoms with Crippen LogP contribution in [0.1, 0.15) is 0 Å². The van der Waals surface area contributed by atoms with Crippen LogP contribution < -0.4 is 10.9 Å². The lowest BCUT2D eigenvalue weighted by atomic mass is 10.6. The molecule has 0 fully saturated rings. The lowest BCUT2D eigenvalue weighted by Crippen LogP contribution is -2.40. The van der Waals surface area contributed by atoms with E-state index in [0.29, 0.717) is 0 Å². The number of hydrazine groups is 1. The first-order valence-electron chi connectivity index (χ1n) is 3.50. The predicted molar refractivity (Wildman–Crippen MR) is 41.1 cm³/mol. The minimum absolute atomic E-state index is 0.0721. The van der Waals surface area contributed by atoms with E-state index in [4.69, 9.17) is 9.84 Å². The molecule has 72 valence electrons. The monoisotopic (exact) mass is 178 g/mol. The highest BCUT2D eigenvalue weighted by atomic mass is 16.5.